The molecular formula is C12H13O2. The highest BCUT2D eigenvalue weighted by Crippen LogP contribution is 2.28. The molecule has 0 atom stereocenters. The van der Waals surface area contributed by atoms with E-state index in [9.17, 15) is 9.90 Å². The molecule has 1 radical (unpaired) electrons. The monoisotopic (exact) mass is 189 g/mol. The molecule has 0 fully saturated rings. The average Bonchev–Trinajstić information content (AvgIpc) is 2.19. The molecule has 2 aliphatic rings. The van der Waals surface area contributed by atoms with Gasteiger partial charge in [0.15, 0.2) is 11.5 Å². The first-order valence-electron chi connectivity index (χ1n) is 5.06. The minimum atomic E-state index is 0.191. The van der Waals surface area contributed by atoms with Gasteiger partial charge in [-0.15, -0.1) is 0 Å². The maximum atomic E-state index is 11.2. The van der Waals surface area contributed by atoms with E-state index in [0.29, 0.717) is 12.8 Å². The van der Waals surface area contributed by atoms with Crippen molar-refractivity contribution in [3.05, 3.63) is 35.1 Å². The third kappa shape index (κ3) is 1.95. The Morgan fingerprint density at radius 2 is 1.79 bits per heavy atom. The zero-order valence-corrected chi connectivity index (χ0v) is 8.08. The molecule has 73 valence electrons. The molecule has 0 aliphatic heterocycles. The molecule has 0 aromatic rings. The summed E-state index contributed by atoms with van der Waals surface area (Å²) in [6, 6.07) is 0. The lowest BCUT2D eigenvalue weighted by Gasteiger charge is -2.16. The summed E-state index contributed by atoms with van der Waals surface area (Å²) in [5.41, 5.74) is 2.32. The highest BCUT2D eigenvalue weighted by molar-refractivity contribution is 5.92. The van der Waals surface area contributed by atoms with Crippen LogP contribution in [-0.2, 0) is 9.90 Å². The minimum absolute atomic E-state index is 0.191. The van der Waals surface area contributed by atoms with Crippen LogP contribution < -0.4 is 0 Å². The van der Waals surface area contributed by atoms with Gasteiger partial charge in [0, 0.05) is 12.8 Å². The zero-order valence-electron chi connectivity index (χ0n) is 8.08. The first-order valence-corrected chi connectivity index (χ1v) is 5.06. The van der Waals surface area contributed by atoms with Crippen molar-refractivity contribution in [2.75, 3.05) is 0 Å². The molecule has 0 amide bonds. The summed E-state index contributed by atoms with van der Waals surface area (Å²) in [6.07, 6.45) is 9.26. The number of ketones is 1. The first kappa shape index (κ1) is 9.25. The smallest absolute Gasteiger partial charge is 0.156 e. The first-order chi connectivity index (χ1) is 6.75. The second kappa shape index (κ2) is 3.82. The molecule has 2 rings (SSSR count). The van der Waals surface area contributed by atoms with Crippen molar-refractivity contribution in [3.8, 4) is 0 Å². The van der Waals surface area contributed by atoms with Crippen LogP contribution in [0.1, 0.15) is 32.1 Å². The fraction of sp³-hybridized carbons (Fsp3) is 0.417. The van der Waals surface area contributed by atoms with Gasteiger partial charge in [-0.05, 0) is 42.6 Å². The number of hydrogen-bond acceptors (Lipinski definition) is 1. The SMILES string of the molecule is [O]C1=CC=C(C2=CC(=O)CCC2)CC1. The Hall–Kier alpha value is -1.31. The van der Waals surface area contributed by atoms with Gasteiger partial charge in [0.2, 0.25) is 0 Å². The molecule has 0 N–H and O–H groups in total. The van der Waals surface area contributed by atoms with Crippen molar-refractivity contribution >= 4 is 5.78 Å². The second-order valence-corrected chi connectivity index (χ2v) is 3.81. The van der Waals surface area contributed by atoms with E-state index in [1.165, 1.54) is 5.57 Å². The summed E-state index contributed by atoms with van der Waals surface area (Å²) >= 11 is 0. The summed E-state index contributed by atoms with van der Waals surface area (Å²) in [4.78, 5) is 11.2. The molecule has 2 heteroatoms. The molecule has 0 bridgehead atoms. The Balaban J connectivity index is 2.19. The molecule has 0 heterocycles. The summed E-state index contributed by atoms with van der Waals surface area (Å²) < 4.78 is 0. The van der Waals surface area contributed by atoms with Crippen molar-refractivity contribution in [1.82, 2.24) is 0 Å². The lowest BCUT2D eigenvalue weighted by molar-refractivity contribution is -0.115. The van der Waals surface area contributed by atoms with Gasteiger partial charge in [0.05, 0.1) is 0 Å². The third-order valence-corrected chi connectivity index (χ3v) is 2.73. The summed E-state index contributed by atoms with van der Waals surface area (Å²) in [7, 11) is 0. The molecule has 0 saturated carbocycles. The molecule has 0 unspecified atom stereocenters. The van der Waals surface area contributed by atoms with Crippen molar-refractivity contribution in [2.24, 2.45) is 0 Å². The van der Waals surface area contributed by atoms with Crippen molar-refractivity contribution in [1.29, 1.82) is 0 Å². The molecule has 0 aromatic heterocycles. The van der Waals surface area contributed by atoms with Gasteiger partial charge in [-0.3, -0.25) is 9.90 Å². The predicted molar refractivity (Wildman–Crippen MR) is 53.0 cm³/mol. The van der Waals surface area contributed by atoms with E-state index < -0.39 is 0 Å². The number of carbonyl (C=O) groups excluding carboxylic acids is 1. The third-order valence-electron chi connectivity index (χ3n) is 2.73. The Morgan fingerprint density at radius 3 is 2.43 bits per heavy atom. The standard InChI is InChI=1S/C12H13O2/c13-11-6-4-9(5-7-11)10-2-1-3-12(14)8-10/h4,6,8H,1-3,5,7H2. The van der Waals surface area contributed by atoms with Gasteiger partial charge in [-0.2, -0.15) is 0 Å². The van der Waals surface area contributed by atoms with Crippen LogP contribution in [0.4, 0.5) is 0 Å². The van der Waals surface area contributed by atoms with Crippen molar-refractivity contribution < 1.29 is 9.90 Å². The Kier molecular flexibility index (Phi) is 2.53. The Labute approximate surface area is 83.6 Å². The number of hydrogen-bond donors (Lipinski definition) is 0. The van der Waals surface area contributed by atoms with Crippen LogP contribution in [0.15, 0.2) is 35.1 Å². The van der Waals surface area contributed by atoms with Gasteiger partial charge in [0.1, 0.15) is 0 Å². The maximum absolute atomic E-state index is 11.2. The van der Waals surface area contributed by atoms with Crippen LogP contribution in [0, 0.1) is 0 Å². The second-order valence-electron chi connectivity index (χ2n) is 3.81. The average molecular weight is 189 g/mol. The minimum Gasteiger partial charge on any atom is -0.295 e. The van der Waals surface area contributed by atoms with Crippen molar-refractivity contribution in [3.63, 3.8) is 0 Å². The van der Waals surface area contributed by atoms with Crippen LogP contribution in [0.5, 0.6) is 0 Å². The van der Waals surface area contributed by atoms with E-state index in [2.05, 4.69) is 0 Å². The largest absolute Gasteiger partial charge is 0.295 e. The highest BCUT2D eigenvalue weighted by atomic mass is 16.3. The van der Waals surface area contributed by atoms with Gasteiger partial charge < -0.3 is 0 Å². The zero-order chi connectivity index (χ0) is 9.97. The quantitative estimate of drug-likeness (QED) is 0.624. The molecule has 0 saturated heterocycles. The maximum Gasteiger partial charge on any atom is 0.156 e. The summed E-state index contributed by atoms with van der Waals surface area (Å²) in [6.45, 7) is 0. The highest BCUT2D eigenvalue weighted by Gasteiger charge is 2.15. The van der Waals surface area contributed by atoms with E-state index in [1.54, 1.807) is 12.2 Å². The number of allylic oxidation sites excluding steroid dienone is 6. The molecule has 14 heavy (non-hydrogen) atoms. The van der Waals surface area contributed by atoms with Crippen molar-refractivity contribution in [2.45, 2.75) is 32.1 Å². The summed E-state index contributed by atoms with van der Waals surface area (Å²) in [5, 5.41) is 11.0. The van der Waals surface area contributed by atoms with Gasteiger partial charge in [-0.25, -0.2) is 0 Å². The Morgan fingerprint density at radius 1 is 0.929 bits per heavy atom. The molecule has 2 aliphatic carbocycles. The van der Waals surface area contributed by atoms with E-state index in [-0.39, 0.29) is 11.5 Å². The fourth-order valence-corrected chi connectivity index (χ4v) is 1.93. The molecular weight excluding hydrogens is 176 g/mol. The molecule has 0 spiro atoms. The number of rotatable bonds is 1. The van der Waals surface area contributed by atoms with Crippen LogP contribution in [0.2, 0.25) is 0 Å². The van der Waals surface area contributed by atoms with Crippen LogP contribution >= 0.6 is 0 Å². The lowest BCUT2D eigenvalue weighted by Crippen LogP contribution is -2.05. The normalized spacial score (nSPS) is 22.6. The van der Waals surface area contributed by atoms with Gasteiger partial charge >= 0.3 is 0 Å². The topological polar surface area (TPSA) is 37.0 Å². The van der Waals surface area contributed by atoms with Crippen LogP contribution in [0.3, 0.4) is 0 Å². The fourth-order valence-electron chi connectivity index (χ4n) is 1.93. The van der Waals surface area contributed by atoms with E-state index in [0.717, 1.165) is 24.8 Å². The van der Waals surface area contributed by atoms with Gasteiger partial charge in [0.25, 0.3) is 0 Å². The predicted octanol–water partition coefficient (Wildman–Crippen LogP) is 2.70. The van der Waals surface area contributed by atoms with E-state index >= 15 is 0 Å². The lowest BCUT2D eigenvalue weighted by atomic mass is 9.88. The molecule has 2 nitrogen and oxygen atoms in total. The Bertz CT molecular complexity index is 345. The summed E-state index contributed by atoms with van der Waals surface area (Å²) in [5.74, 6) is 0.417. The van der Waals surface area contributed by atoms with Crippen LogP contribution in [-0.4, -0.2) is 5.78 Å². The van der Waals surface area contributed by atoms with Gasteiger partial charge in [-0.1, -0.05) is 6.08 Å². The van der Waals surface area contributed by atoms with Crippen LogP contribution in [0.25, 0.3) is 0 Å². The molecule has 0 aromatic carbocycles. The van der Waals surface area contributed by atoms with E-state index in [4.69, 9.17) is 0 Å². The number of carbonyl (C=O) groups is 1. The van der Waals surface area contributed by atoms with E-state index in [1.807, 2.05) is 6.08 Å².